The number of hydrazone groups is 1. The van der Waals surface area contributed by atoms with Crippen molar-refractivity contribution in [1.82, 2.24) is 5.43 Å². The van der Waals surface area contributed by atoms with Crippen LogP contribution in [0.2, 0.25) is 5.02 Å². The van der Waals surface area contributed by atoms with Gasteiger partial charge in [0, 0.05) is 5.56 Å². The summed E-state index contributed by atoms with van der Waals surface area (Å²) in [6, 6.07) is 11.7. The Kier molecular flexibility index (Phi) is 7.65. The topological polar surface area (TPSA) is 106 Å². The monoisotopic (exact) mass is 406 g/mol. The molecular formula is C19H19ClN2O6. The van der Waals surface area contributed by atoms with Crippen LogP contribution in [0.25, 0.3) is 0 Å². The van der Waals surface area contributed by atoms with Crippen LogP contribution in [0.3, 0.4) is 0 Å². The van der Waals surface area contributed by atoms with E-state index in [1.54, 1.807) is 42.5 Å². The van der Waals surface area contributed by atoms with Gasteiger partial charge in [-0.1, -0.05) is 29.8 Å². The summed E-state index contributed by atoms with van der Waals surface area (Å²) < 4.78 is 15.9. The second-order valence-corrected chi connectivity index (χ2v) is 5.90. The number of nitrogens with one attached hydrogen (secondary N) is 1. The number of carboxylic acids is 1. The number of hydrogen-bond acceptors (Lipinski definition) is 6. The van der Waals surface area contributed by atoms with Crippen LogP contribution in [-0.2, 0) is 9.59 Å². The Morgan fingerprint density at radius 2 is 1.93 bits per heavy atom. The van der Waals surface area contributed by atoms with Crippen LogP contribution in [0.1, 0.15) is 12.5 Å². The van der Waals surface area contributed by atoms with Gasteiger partial charge in [-0.25, -0.2) is 10.2 Å². The van der Waals surface area contributed by atoms with Crippen LogP contribution in [0, 0.1) is 0 Å². The normalized spacial score (nSPS) is 11.7. The molecule has 1 amide bonds. The molecule has 2 aromatic rings. The van der Waals surface area contributed by atoms with Gasteiger partial charge >= 0.3 is 5.97 Å². The number of ether oxygens (including phenoxy) is 3. The molecule has 28 heavy (non-hydrogen) atoms. The first-order chi connectivity index (χ1) is 13.4. The largest absolute Gasteiger partial charge is 0.493 e. The molecule has 2 N–H and O–H groups in total. The highest BCUT2D eigenvalue weighted by atomic mass is 35.5. The van der Waals surface area contributed by atoms with Gasteiger partial charge in [-0.2, -0.15) is 5.10 Å². The standard InChI is InChI=1S/C19H19ClN2O6/c1-12(19(24)25)28-18-13(6-5-9-16(18)26-2)10-21-22-17(23)11-27-15-8-4-3-7-14(15)20/h3-10,12H,11H2,1-2H3,(H,22,23)(H,24,25)/b21-10+/t12-/m1/s1. The van der Waals surface area contributed by atoms with Crippen molar-refractivity contribution in [3.8, 4) is 17.2 Å². The molecule has 0 saturated carbocycles. The fourth-order valence-electron chi connectivity index (χ4n) is 2.06. The third kappa shape index (κ3) is 5.88. The molecule has 0 radical (unpaired) electrons. The van der Waals surface area contributed by atoms with Gasteiger partial charge in [0.15, 0.2) is 24.2 Å². The first-order valence-corrected chi connectivity index (χ1v) is 8.56. The summed E-state index contributed by atoms with van der Waals surface area (Å²) in [7, 11) is 1.43. The number of hydrogen-bond donors (Lipinski definition) is 2. The molecule has 0 fully saturated rings. The summed E-state index contributed by atoms with van der Waals surface area (Å²) in [5.41, 5.74) is 2.74. The molecule has 2 aromatic carbocycles. The zero-order valence-electron chi connectivity index (χ0n) is 15.2. The minimum absolute atomic E-state index is 0.199. The van der Waals surface area contributed by atoms with Gasteiger partial charge in [0.05, 0.1) is 18.3 Å². The van der Waals surface area contributed by atoms with E-state index in [2.05, 4.69) is 10.5 Å². The molecule has 0 spiro atoms. The second kappa shape index (κ2) is 10.2. The molecule has 0 unspecified atom stereocenters. The van der Waals surface area contributed by atoms with E-state index in [1.807, 2.05) is 0 Å². The van der Waals surface area contributed by atoms with E-state index < -0.39 is 18.0 Å². The number of aliphatic carboxylic acids is 1. The second-order valence-electron chi connectivity index (χ2n) is 5.49. The summed E-state index contributed by atoms with van der Waals surface area (Å²) in [5, 5.41) is 13.3. The smallest absolute Gasteiger partial charge is 0.344 e. The molecule has 0 bridgehead atoms. The third-order valence-corrected chi connectivity index (χ3v) is 3.77. The van der Waals surface area contributed by atoms with E-state index in [0.717, 1.165) is 0 Å². The molecule has 0 aliphatic heterocycles. The zero-order valence-corrected chi connectivity index (χ0v) is 16.0. The van der Waals surface area contributed by atoms with Crippen LogP contribution in [0.15, 0.2) is 47.6 Å². The van der Waals surface area contributed by atoms with Gasteiger partial charge < -0.3 is 19.3 Å². The Labute approximate surface area is 166 Å². The Hall–Kier alpha value is -3.26. The Morgan fingerprint density at radius 3 is 2.61 bits per heavy atom. The highest BCUT2D eigenvalue weighted by molar-refractivity contribution is 6.32. The van der Waals surface area contributed by atoms with Crippen LogP contribution in [0.5, 0.6) is 17.2 Å². The van der Waals surface area contributed by atoms with Gasteiger partial charge in [-0.15, -0.1) is 0 Å². The number of halogens is 1. The lowest BCUT2D eigenvalue weighted by atomic mass is 10.2. The molecule has 9 heteroatoms. The number of amides is 1. The average molecular weight is 407 g/mol. The number of methoxy groups -OCH3 is 1. The lowest BCUT2D eigenvalue weighted by molar-refractivity contribution is -0.144. The Balaban J connectivity index is 2.02. The fraction of sp³-hybridized carbons (Fsp3) is 0.211. The molecule has 2 rings (SSSR count). The number of rotatable bonds is 9. The van der Waals surface area contributed by atoms with E-state index in [9.17, 15) is 9.59 Å². The van der Waals surface area contributed by atoms with E-state index in [-0.39, 0.29) is 12.4 Å². The lowest BCUT2D eigenvalue weighted by Gasteiger charge is -2.15. The molecule has 1 atom stereocenters. The van der Waals surface area contributed by atoms with Crippen molar-refractivity contribution in [2.45, 2.75) is 13.0 Å². The molecule has 148 valence electrons. The van der Waals surface area contributed by atoms with Crippen LogP contribution >= 0.6 is 11.6 Å². The van der Waals surface area contributed by atoms with E-state index in [4.69, 9.17) is 30.9 Å². The maximum Gasteiger partial charge on any atom is 0.344 e. The molecule has 0 heterocycles. The number of carbonyl (C=O) groups is 2. The van der Waals surface area contributed by atoms with Gasteiger partial charge in [-0.05, 0) is 31.2 Å². The summed E-state index contributed by atoms with van der Waals surface area (Å²) in [6.07, 6.45) is 0.224. The molecule has 0 aliphatic rings. The average Bonchev–Trinajstić information content (AvgIpc) is 2.68. The van der Waals surface area contributed by atoms with E-state index >= 15 is 0 Å². The van der Waals surface area contributed by atoms with Gasteiger partial charge in [0.1, 0.15) is 5.75 Å². The summed E-state index contributed by atoms with van der Waals surface area (Å²) in [6.45, 7) is 1.11. The van der Waals surface area contributed by atoms with Crippen molar-refractivity contribution in [3.63, 3.8) is 0 Å². The maximum atomic E-state index is 11.9. The number of benzene rings is 2. The summed E-state index contributed by atoms with van der Waals surface area (Å²) in [4.78, 5) is 22.9. The minimum atomic E-state index is -1.13. The maximum absolute atomic E-state index is 11.9. The molecule has 0 aromatic heterocycles. The van der Waals surface area contributed by atoms with Crippen molar-refractivity contribution in [2.24, 2.45) is 5.10 Å². The SMILES string of the molecule is COc1cccc(/C=N/NC(=O)COc2ccccc2Cl)c1O[C@H](C)C(=O)O. The molecule has 0 saturated heterocycles. The van der Waals surface area contributed by atoms with E-state index in [0.29, 0.717) is 22.1 Å². The van der Waals surface area contributed by atoms with Gasteiger partial charge in [-0.3, -0.25) is 4.79 Å². The Bertz CT molecular complexity index is 871. The highest BCUT2D eigenvalue weighted by Gasteiger charge is 2.18. The van der Waals surface area contributed by atoms with Crippen molar-refractivity contribution in [3.05, 3.63) is 53.1 Å². The van der Waals surface area contributed by atoms with Crippen LogP contribution < -0.4 is 19.6 Å². The number of carboxylic acid groups (broad SMARTS) is 1. The van der Waals surface area contributed by atoms with Gasteiger partial charge in [0.2, 0.25) is 0 Å². The number of nitrogens with zero attached hydrogens (tertiary/aromatic N) is 1. The first kappa shape index (κ1) is 21.0. The van der Waals surface area contributed by atoms with Crippen molar-refractivity contribution < 1.29 is 28.9 Å². The van der Waals surface area contributed by atoms with Crippen molar-refractivity contribution in [1.29, 1.82) is 0 Å². The van der Waals surface area contributed by atoms with Crippen LogP contribution in [-0.4, -0.2) is 43.0 Å². The molecule has 0 aliphatic carbocycles. The minimum Gasteiger partial charge on any atom is -0.493 e. The predicted octanol–water partition coefficient (Wildman–Crippen LogP) is 2.73. The number of carbonyl (C=O) groups excluding carboxylic acids is 1. The van der Waals surface area contributed by atoms with E-state index in [1.165, 1.54) is 20.2 Å². The van der Waals surface area contributed by atoms with Gasteiger partial charge in [0.25, 0.3) is 5.91 Å². The summed E-state index contributed by atoms with van der Waals surface area (Å²) >= 11 is 5.95. The Morgan fingerprint density at radius 1 is 1.21 bits per heavy atom. The zero-order chi connectivity index (χ0) is 20.5. The summed E-state index contributed by atoms with van der Waals surface area (Å²) in [5.74, 6) is -0.704. The predicted molar refractivity (Wildman–Crippen MR) is 103 cm³/mol. The number of para-hydroxylation sites is 2. The fourth-order valence-corrected chi connectivity index (χ4v) is 2.25. The van der Waals surface area contributed by atoms with Crippen molar-refractivity contribution in [2.75, 3.05) is 13.7 Å². The van der Waals surface area contributed by atoms with Crippen LogP contribution in [0.4, 0.5) is 0 Å². The first-order valence-electron chi connectivity index (χ1n) is 8.18. The third-order valence-electron chi connectivity index (χ3n) is 3.46. The van der Waals surface area contributed by atoms with Crippen molar-refractivity contribution >= 4 is 29.7 Å². The molecular weight excluding hydrogens is 388 g/mol. The lowest BCUT2D eigenvalue weighted by Crippen LogP contribution is -2.25. The highest BCUT2D eigenvalue weighted by Crippen LogP contribution is 2.31. The molecule has 8 nitrogen and oxygen atoms in total. The quantitative estimate of drug-likeness (QED) is 0.490.